The van der Waals surface area contributed by atoms with Gasteiger partial charge in [-0.1, -0.05) is 38.0 Å². The Labute approximate surface area is 159 Å². The maximum atomic E-state index is 12.5. The number of ketones is 1. The second-order valence-corrected chi connectivity index (χ2v) is 6.73. The minimum atomic E-state index is -0.488. The summed E-state index contributed by atoms with van der Waals surface area (Å²) < 4.78 is 11.3. The van der Waals surface area contributed by atoms with Gasteiger partial charge in [0.1, 0.15) is 0 Å². The van der Waals surface area contributed by atoms with E-state index in [1.807, 2.05) is 31.2 Å². The quantitative estimate of drug-likeness (QED) is 0.516. The van der Waals surface area contributed by atoms with E-state index in [1.165, 1.54) is 0 Å². The van der Waals surface area contributed by atoms with Crippen molar-refractivity contribution in [2.45, 2.75) is 39.7 Å². The highest BCUT2D eigenvalue weighted by molar-refractivity contribution is 6.52. The Morgan fingerprint density at radius 2 is 1.85 bits per heavy atom. The standard InChI is InChI=1S/C22H25NO4/c1-4-5-6-12-27-18-11-10-16(13-19(18)26-3)14-23-20-15(2)8-7-9-17(20)21(24)22(23)25/h7-11,13H,4-6,12,14H2,1-3H3. The first-order chi connectivity index (χ1) is 13.1. The Bertz CT molecular complexity index is 859. The molecule has 0 atom stereocenters. The van der Waals surface area contributed by atoms with Gasteiger partial charge in [-0.05, 0) is 42.7 Å². The predicted molar refractivity (Wildman–Crippen MR) is 105 cm³/mol. The summed E-state index contributed by atoms with van der Waals surface area (Å²) in [6.45, 7) is 5.02. The van der Waals surface area contributed by atoms with Crippen molar-refractivity contribution in [2.75, 3.05) is 18.6 Å². The number of fused-ring (bicyclic) bond motifs is 1. The molecule has 0 bridgehead atoms. The Hall–Kier alpha value is -2.82. The average molecular weight is 367 g/mol. The van der Waals surface area contributed by atoms with E-state index in [4.69, 9.17) is 9.47 Å². The van der Waals surface area contributed by atoms with Crippen LogP contribution in [-0.4, -0.2) is 25.4 Å². The molecule has 1 heterocycles. The molecule has 0 spiro atoms. The van der Waals surface area contributed by atoms with Gasteiger partial charge in [-0.15, -0.1) is 0 Å². The molecule has 142 valence electrons. The largest absolute Gasteiger partial charge is 0.493 e. The van der Waals surface area contributed by atoms with E-state index in [2.05, 4.69) is 6.92 Å². The van der Waals surface area contributed by atoms with E-state index >= 15 is 0 Å². The summed E-state index contributed by atoms with van der Waals surface area (Å²) in [5.74, 6) is 0.388. The van der Waals surface area contributed by atoms with Crippen LogP contribution in [0.1, 0.15) is 47.7 Å². The van der Waals surface area contributed by atoms with Crippen molar-refractivity contribution < 1.29 is 19.1 Å². The number of carbonyl (C=O) groups is 2. The van der Waals surface area contributed by atoms with E-state index < -0.39 is 11.7 Å². The first kappa shape index (κ1) is 19.0. The van der Waals surface area contributed by atoms with Gasteiger partial charge in [-0.25, -0.2) is 0 Å². The molecular weight excluding hydrogens is 342 g/mol. The maximum Gasteiger partial charge on any atom is 0.299 e. The molecule has 3 rings (SSSR count). The molecule has 0 fully saturated rings. The number of nitrogens with zero attached hydrogens (tertiary/aromatic N) is 1. The van der Waals surface area contributed by atoms with Gasteiger partial charge in [0.05, 0.1) is 31.5 Å². The van der Waals surface area contributed by atoms with Gasteiger partial charge in [0, 0.05) is 0 Å². The average Bonchev–Trinajstić information content (AvgIpc) is 2.92. The molecule has 5 heteroatoms. The number of Topliss-reactive ketones (excluding diaryl/α,β-unsaturated/α-hetero) is 1. The first-order valence-electron chi connectivity index (χ1n) is 9.32. The summed E-state index contributed by atoms with van der Waals surface area (Å²) in [7, 11) is 1.60. The predicted octanol–water partition coefficient (Wildman–Crippen LogP) is 4.30. The van der Waals surface area contributed by atoms with Crippen molar-refractivity contribution in [2.24, 2.45) is 0 Å². The van der Waals surface area contributed by atoms with Crippen molar-refractivity contribution >= 4 is 17.4 Å². The van der Waals surface area contributed by atoms with E-state index in [-0.39, 0.29) is 0 Å². The van der Waals surface area contributed by atoms with Gasteiger partial charge in [0.2, 0.25) is 0 Å². The highest BCUT2D eigenvalue weighted by atomic mass is 16.5. The number of hydrogen-bond acceptors (Lipinski definition) is 4. The Kier molecular flexibility index (Phi) is 5.79. The van der Waals surface area contributed by atoms with Crippen LogP contribution in [0.3, 0.4) is 0 Å². The number of ether oxygens (including phenoxy) is 2. The monoisotopic (exact) mass is 367 g/mol. The molecule has 2 aromatic rings. The summed E-state index contributed by atoms with van der Waals surface area (Å²) in [6, 6.07) is 11.1. The third-order valence-corrected chi connectivity index (χ3v) is 4.77. The maximum absolute atomic E-state index is 12.5. The van der Waals surface area contributed by atoms with Crippen LogP contribution in [0.25, 0.3) is 0 Å². The number of benzene rings is 2. The lowest BCUT2D eigenvalue weighted by molar-refractivity contribution is -0.114. The van der Waals surface area contributed by atoms with Crippen LogP contribution in [0.2, 0.25) is 0 Å². The molecule has 0 aliphatic carbocycles. The zero-order chi connectivity index (χ0) is 19.4. The van der Waals surface area contributed by atoms with Crippen molar-refractivity contribution in [3.05, 3.63) is 53.1 Å². The van der Waals surface area contributed by atoms with Gasteiger partial charge in [0.15, 0.2) is 11.5 Å². The minimum Gasteiger partial charge on any atom is -0.493 e. The first-order valence-corrected chi connectivity index (χ1v) is 9.32. The third kappa shape index (κ3) is 3.82. The van der Waals surface area contributed by atoms with Crippen molar-refractivity contribution in [3.63, 3.8) is 0 Å². The summed E-state index contributed by atoms with van der Waals surface area (Å²) >= 11 is 0. The third-order valence-electron chi connectivity index (χ3n) is 4.77. The van der Waals surface area contributed by atoms with Crippen LogP contribution < -0.4 is 14.4 Å². The molecular formula is C22H25NO4. The fraction of sp³-hybridized carbons (Fsp3) is 0.364. The molecule has 0 N–H and O–H groups in total. The molecule has 0 saturated carbocycles. The highest BCUT2D eigenvalue weighted by Crippen LogP contribution is 2.35. The summed E-state index contributed by atoms with van der Waals surface area (Å²) in [5.41, 5.74) is 2.97. The van der Waals surface area contributed by atoms with Crippen LogP contribution in [0, 0.1) is 6.92 Å². The van der Waals surface area contributed by atoms with Crippen LogP contribution in [0.4, 0.5) is 5.69 Å². The Morgan fingerprint density at radius 1 is 1.04 bits per heavy atom. The van der Waals surface area contributed by atoms with Crippen LogP contribution in [-0.2, 0) is 11.3 Å². The molecule has 2 aromatic carbocycles. The number of rotatable bonds is 8. The molecule has 1 aliphatic rings. The second-order valence-electron chi connectivity index (χ2n) is 6.73. The van der Waals surface area contributed by atoms with Crippen molar-refractivity contribution in [3.8, 4) is 11.5 Å². The molecule has 0 unspecified atom stereocenters. The lowest BCUT2D eigenvalue weighted by Crippen LogP contribution is -2.29. The number of carbonyl (C=O) groups excluding carboxylic acids is 2. The lowest BCUT2D eigenvalue weighted by Gasteiger charge is -2.19. The summed E-state index contributed by atoms with van der Waals surface area (Å²) in [5, 5.41) is 0. The fourth-order valence-corrected chi connectivity index (χ4v) is 3.34. The Morgan fingerprint density at radius 3 is 2.59 bits per heavy atom. The van der Waals surface area contributed by atoms with Crippen LogP contribution >= 0.6 is 0 Å². The number of aryl methyl sites for hydroxylation is 1. The number of unbranched alkanes of at least 4 members (excludes halogenated alkanes) is 2. The summed E-state index contributed by atoms with van der Waals surface area (Å²) in [4.78, 5) is 26.3. The lowest BCUT2D eigenvalue weighted by atomic mass is 10.1. The van der Waals surface area contributed by atoms with Crippen molar-refractivity contribution in [1.29, 1.82) is 0 Å². The van der Waals surface area contributed by atoms with Gasteiger partial charge in [-0.3, -0.25) is 9.59 Å². The summed E-state index contributed by atoms with van der Waals surface area (Å²) in [6.07, 6.45) is 3.27. The fourth-order valence-electron chi connectivity index (χ4n) is 3.34. The second kappa shape index (κ2) is 8.25. The number of para-hydroxylation sites is 1. The number of hydrogen-bond donors (Lipinski definition) is 0. The molecule has 0 radical (unpaired) electrons. The van der Waals surface area contributed by atoms with Gasteiger partial charge in [0.25, 0.3) is 11.7 Å². The van der Waals surface area contributed by atoms with Gasteiger partial charge < -0.3 is 14.4 Å². The van der Waals surface area contributed by atoms with E-state index in [0.29, 0.717) is 35.9 Å². The molecule has 0 saturated heterocycles. The normalized spacial score (nSPS) is 13.1. The topological polar surface area (TPSA) is 55.8 Å². The van der Waals surface area contributed by atoms with E-state index in [0.717, 1.165) is 30.4 Å². The van der Waals surface area contributed by atoms with Crippen molar-refractivity contribution in [1.82, 2.24) is 0 Å². The minimum absolute atomic E-state index is 0.314. The van der Waals surface area contributed by atoms with Gasteiger partial charge >= 0.3 is 0 Å². The molecule has 1 amide bonds. The SMILES string of the molecule is CCCCCOc1ccc(CN2C(=O)C(=O)c3cccc(C)c32)cc1OC. The smallest absolute Gasteiger partial charge is 0.299 e. The van der Waals surface area contributed by atoms with E-state index in [1.54, 1.807) is 24.1 Å². The zero-order valence-corrected chi connectivity index (χ0v) is 16.1. The number of anilines is 1. The molecule has 0 aromatic heterocycles. The molecule has 1 aliphatic heterocycles. The Balaban J connectivity index is 1.80. The number of methoxy groups -OCH3 is 1. The zero-order valence-electron chi connectivity index (χ0n) is 16.1. The van der Waals surface area contributed by atoms with E-state index in [9.17, 15) is 9.59 Å². The molecule has 27 heavy (non-hydrogen) atoms. The van der Waals surface area contributed by atoms with Crippen LogP contribution in [0.5, 0.6) is 11.5 Å². The van der Waals surface area contributed by atoms with Crippen LogP contribution in [0.15, 0.2) is 36.4 Å². The highest BCUT2D eigenvalue weighted by Gasteiger charge is 2.36. The number of amides is 1. The van der Waals surface area contributed by atoms with Gasteiger partial charge in [-0.2, -0.15) is 0 Å². The molecule has 5 nitrogen and oxygen atoms in total.